The molecule has 1 aliphatic rings. The lowest BCUT2D eigenvalue weighted by Gasteiger charge is -2.36. The third-order valence-electron chi connectivity index (χ3n) is 3.48. The van der Waals surface area contributed by atoms with E-state index in [1.165, 1.54) is 0 Å². The molecule has 1 heterocycles. The summed E-state index contributed by atoms with van der Waals surface area (Å²) in [6.07, 6.45) is 1.97. The summed E-state index contributed by atoms with van der Waals surface area (Å²) in [6.45, 7) is 7.57. The molecule has 0 spiro atoms. The quantitative estimate of drug-likeness (QED) is 0.891. The molecular formula is C15H22FNO. The Hall–Kier alpha value is -0.930. The van der Waals surface area contributed by atoms with Crippen molar-refractivity contribution in [2.24, 2.45) is 0 Å². The third-order valence-corrected chi connectivity index (χ3v) is 3.48. The fourth-order valence-corrected chi connectivity index (χ4v) is 2.50. The van der Waals surface area contributed by atoms with Crippen LogP contribution in [0, 0.1) is 12.7 Å². The van der Waals surface area contributed by atoms with Gasteiger partial charge in [-0.05, 0) is 39.7 Å². The number of nitrogens with one attached hydrogen (secondary N) is 1. The molecule has 0 aromatic heterocycles. The second kappa shape index (κ2) is 5.37. The molecule has 1 unspecified atom stereocenters. The number of benzene rings is 1. The molecule has 2 rings (SSSR count). The maximum Gasteiger partial charge on any atom is 0.127 e. The Morgan fingerprint density at radius 3 is 2.94 bits per heavy atom. The molecule has 1 aliphatic heterocycles. The average Bonchev–Trinajstić information content (AvgIpc) is 2.29. The van der Waals surface area contributed by atoms with E-state index >= 15 is 0 Å². The van der Waals surface area contributed by atoms with Crippen LogP contribution in [0.2, 0.25) is 0 Å². The number of rotatable bonds is 3. The molecule has 100 valence electrons. The topological polar surface area (TPSA) is 21.3 Å². The molecule has 1 saturated heterocycles. The summed E-state index contributed by atoms with van der Waals surface area (Å²) >= 11 is 0. The first-order chi connectivity index (χ1) is 8.46. The Morgan fingerprint density at radius 1 is 1.44 bits per heavy atom. The lowest BCUT2D eigenvalue weighted by Crippen LogP contribution is -2.43. The molecule has 0 aliphatic carbocycles. The number of halogens is 1. The first kappa shape index (κ1) is 13.5. The second-order valence-electron chi connectivity index (χ2n) is 5.77. The fourth-order valence-electron chi connectivity index (χ4n) is 2.50. The summed E-state index contributed by atoms with van der Waals surface area (Å²) in [7, 11) is 0. The van der Waals surface area contributed by atoms with Gasteiger partial charge in [-0.15, -0.1) is 0 Å². The summed E-state index contributed by atoms with van der Waals surface area (Å²) in [5.74, 6) is -0.126. The van der Waals surface area contributed by atoms with Crippen LogP contribution in [0.25, 0.3) is 0 Å². The van der Waals surface area contributed by atoms with Crippen molar-refractivity contribution in [2.75, 3.05) is 6.61 Å². The van der Waals surface area contributed by atoms with Crippen LogP contribution in [0.15, 0.2) is 18.2 Å². The highest BCUT2D eigenvalue weighted by atomic mass is 19.1. The Balaban J connectivity index is 1.93. The molecule has 3 heteroatoms. The van der Waals surface area contributed by atoms with Crippen molar-refractivity contribution in [1.82, 2.24) is 5.32 Å². The summed E-state index contributed by atoms with van der Waals surface area (Å²) < 4.78 is 19.3. The monoisotopic (exact) mass is 251 g/mol. The van der Waals surface area contributed by atoms with E-state index in [0.717, 1.165) is 30.6 Å². The van der Waals surface area contributed by atoms with Gasteiger partial charge in [0.15, 0.2) is 0 Å². The number of hydrogen-bond donors (Lipinski definition) is 1. The Kier molecular flexibility index (Phi) is 4.03. The highest BCUT2D eigenvalue weighted by Crippen LogP contribution is 2.24. The van der Waals surface area contributed by atoms with Crippen LogP contribution in [0.3, 0.4) is 0 Å². The minimum Gasteiger partial charge on any atom is -0.375 e. The molecule has 0 amide bonds. The highest BCUT2D eigenvalue weighted by molar-refractivity contribution is 5.23. The molecule has 2 nitrogen and oxygen atoms in total. The van der Waals surface area contributed by atoms with E-state index in [1.807, 2.05) is 13.0 Å². The van der Waals surface area contributed by atoms with E-state index in [-0.39, 0.29) is 11.4 Å². The Bertz CT molecular complexity index is 417. The second-order valence-corrected chi connectivity index (χ2v) is 5.77. The van der Waals surface area contributed by atoms with Crippen molar-refractivity contribution in [1.29, 1.82) is 0 Å². The van der Waals surface area contributed by atoms with Crippen molar-refractivity contribution in [3.8, 4) is 0 Å². The molecule has 0 bridgehead atoms. The zero-order valence-corrected chi connectivity index (χ0v) is 11.4. The lowest BCUT2D eigenvalue weighted by molar-refractivity contribution is -0.0630. The SMILES string of the molecule is Cc1ccc(F)c(CNC2CCOC(C)(C)C2)c1. The summed E-state index contributed by atoms with van der Waals surface area (Å²) in [5.41, 5.74) is 1.78. The first-order valence-electron chi connectivity index (χ1n) is 6.59. The zero-order valence-electron chi connectivity index (χ0n) is 11.4. The van der Waals surface area contributed by atoms with Crippen molar-refractivity contribution in [3.63, 3.8) is 0 Å². The van der Waals surface area contributed by atoms with E-state index < -0.39 is 0 Å². The third kappa shape index (κ3) is 3.53. The highest BCUT2D eigenvalue weighted by Gasteiger charge is 2.28. The van der Waals surface area contributed by atoms with Crippen LogP contribution in [0.5, 0.6) is 0 Å². The van der Waals surface area contributed by atoms with Gasteiger partial charge in [-0.25, -0.2) is 4.39 Å². The summed E-state index contributed by atoms with van der Waals surface area (Å²) in [6, 6.07) is 5.66. The van der Waals surface area contributed by atoms with E-state index in [2.05, 4.69) is 19.2 Å². The van der Waals surface area contributed by atoms with Crippen molar-refractivity contribution < 1.29 is 9.13 Å². The van der Waals surface area contributed by atoms with Gasteiger partial charge in [-0.1, -0.05) is 17.7 Å². The van der Waals surface area contributed by atoms with Gasteiger partial charge in [-0.3, -0.25) is 0 Å². The minimum absolute atomic E-state index is 0.0684. The van der Waals surface area contributed by atoms with Crippen LogP contribution >= 0.6 is 0 Å². The van der Waals surface area contributed by atoms with Gasteiger partial charge >= 0.3 is 0 Å². The van der Waals surface area contributed by atoms with E-state index in [1.54, 1.807) is 12.1 Å². The normalized spacial score (nSPS) is 23.0. The van der Waals surface area contributed by atoms with Gasteiger partial charge < -0.3 is 10.1 Å². The predicted molar refractivity (Wildman–Crippen MR) is 71.0 cm³/mol. The molecule has 0 radical (unpaired) electrons. The number of aryl methyl sites for hydroxylation is 1. The Morgan fingerprint density at radius 2 is 2.22 bits per heavy atom. The van der Waals surface area contributed by atoms with Crippen molar-refractivity contribution >= 4 is 0 Å². The smallest absolute Gasteiger partial charge is 0.127 e. The number of ether oxygens (including phenoxy) is 1. The summed E-state index contributed by atoms with van der Waals surface area (Å²) in [4.78, 5) is 0. The maximum atomic E-state index is 13.6. The van der Waals surface area contributed by atoms with Crippen molar-refractivity contribution in [2.45, 2.75) is 51.8 Å². The Labute approximate surface area is 109 Å². The minimum atomic E-state index is -0.126. The van der Waals surface area contributed by atoms with Crippen LogP contribution in [-0.4, -0.2) is 18.2 Å². The molecule has 0 saturated carbocycles. The molecule has 1 atom stereocenters. The fraction of sp³-hybridized carbons (Fsp3) is 0.600. The van der Waals surface area contributed by atoms with Gasteiger partial charge in [-0.2, -0.15) is 0 Å². The molecule has 1 aromatic carbocycles. The molecular weight excluding hydrogens is 229 g/mol. The van der Waals surface area contributed by atoms with Crippen LogP contribution in [0.1, 0.15) is 37.8 Å². The van der Waals surface area contributed by atoms with E-state index in [9.17, 15) is 4.39 Å². The predicted octanol–water partition coefficient (Wildman–Crippen LogP) is 3.18. The van der Waals surface area contributed by atoms with Gasteiger partial charge in [0.05, 0.1) is 5.60 Å². The van der Waals surface area contributed by atoms with Crippen LogP contribution in [0.4, 0.5) is 4.39 Å². The van der Waals surface area contributed by atoms with Gasteiger partial charge in [0.1, 0.15) is 5.82 Å². The van der Waals surface area contributed by atoms with Gasteiger partial charge in [0, 0.05) is 24.8 Å². The maximum absolute atomic E-state index is 13.6. The van der Waals surface area contributed by atoms with E-state index in [4.69, 9.17) is 4.74 Å². The summed E-state index contributed by atoms with van der Waals surface area (Å²) in [5, 5.41) is 3.44. The number of hydrogen-bond acceptors (Lipinski definition) is 2. The average molecular weight is 251 g/mol. The molecule has 1 N–H and O–H groups in total. The molecule has 1 fully saturated rings. The standard InChI is InChI=1S/C15H22FNO/c1-11-4-5-14(16)12(8-11)10-17-13-6-7-18-15(2,3)9-13/h4-5,8,13,17H,6-7,9-10H2,1-3H3. The largest absolute Gasteiger partial charge is 0.375 e. The van der Waals surface area contributed by atoms with Gasteiger partial charge in [0.25, 0.3) is 0 Å². The van der Waals surface area contributed by atoms with Gasteiger partial charge in [0.2, 0.25) is 0 Å². The lowest BCUT2D eigenvalue weighted by atomic mass is 9.94. The molecule has 18 heavy (non-hydrogen) atoms. The zero-order chi connectivity index (χ0) is 13.2. The molecule has 1 aromatic rings. The van der Waals surface area contributed by atoms with Crippen LogP contribution in [-0.2, 0) is 11.3 Å². The van der Waals surface area contributed by atoms with E-state index in [0.29, 0.717) is 12.6 Å². The first-order valence-corrected chi connectivity index (χ1v) is 6.59. The van der Waals surface area contributed by atoms with Crippen molar-refractivity contribution in [3.05, 3.63) is 35.1 Å². The van der Waals surface area contributed by atoms with Crippen LogP contribution < -0.4 is 5.32 Å².